The lowest BCUT2D eigenvalue weighted by Gasteiger charge is -2.06. The molecule has 98 valence electrons. The molecule has 0 atom stereocenters. The highest BCUT2D eigenvalue weighted by Crippen LogP contribution is 2.32. The van der Waals surface area contributed by atoms with E-state index in [2.05, 4.69) is 0 Å². The predicted molar refractivity (Wildman–Crippen MR) is 67.9 cm³/mol. The summed E-state index contributed by atoms with van der Waals surface area (Å²) in [4.78, 5) is 0.129. The van der Waals surface area contributed by atoms with Gasteiger partial charge in [0.05, 0.1) is 4.90 Å². The number of nitrogens with one attached hydrogen (secondary N) is 1. The van der Waals surface area contributed by atoms with Gasteiger partial charge in [0.2, 0.25) is 0 Å². The van der Waals surface area contributed by atoms with Gasteiger partial charge < -0.3 is 5.73 Å². The molecule has 0 radical (unpaired) electrons. The number of rotatable bonds is 3. The van der Waals surface area contributed by atoms with E-state index in [1.54, 1.807) is 0 Å². The van der Waals surface area contributed by atoms with Crippen LogP contribution in [-0.2, 0) is 0 Å². The van der Waals surface area contributed by atoms with Crippen molar-refractivity contribution in [3.63, 3.8) is 0 Å². The van der Waals surface area contributed by atoms with E-state index in [4.69, 9.17) is 11.1 Å². The van der Waals surface area contributed by atoms with Crippen molar-refractivity contribution in [3.8, 4) is 0 Å². The van der Waals surface area contributed by atoms with E-state index in [9.17, 15) is 13.2 Å². The Morgan fingerprint density at radius 3 is 2.32 bits per heavy atom. The Morgan fingerprint density at radius 2 is 1.68 bits per heavy atom. The first-order valence-electron chi connectivity index (χ1n) is 5.24. The first-order chi connectivity index (χ1) is 8.97. The van der Waals surface area contributed by atoms with Crippen molar-refractivity contribution in [1.82, 2.24) is 0 Å². The molecular weight excluding hydrogens is 273 g/mol. The molecule has 6 heteroatoms. The van der Waals surface area contributed by atoms with Gasteiger partial charge in [-0.05, 0) is 36.4 Å². The summed E-state index contributed by atoms with van der Waals surface area (Å²) in [7, 11) is 0. The van der Waals surface area contributed by atoms with Gasteiger partial charge in [0.1, 0.15) is 23.3 Å². The second-order valence-corrected chi connectivity index (χ2v) is 4.82. The zero-order chi connectivity index (χ0) is 14.0. The van der Waals surface area contributed by atoms with Crippen LogP contribution in [0.3, 0.4) is 0 Å². The summed E-state index contributed by atoms with van der Waals surface area (Å²) in [6.45, 7) is 0. The number of hydrogen-bond acceptors (Lipinski definition) is 2. The Labute approximate surface area is 111 Å². The Kier molecular flexibility index (Phi) is 3.80. The van der Waals surface area contributed by atoms with Crippen LogP contribution in [0.2, 0.25) is 0 Å². The van der Waals surface area contributed by atoms with Crippen LogP contribution < -0.4 is 5.73 Å². The van der Waals surface area contributed by atoms with Crippen molar-refractivity contribution in [2.24, 2.45) is 5.73 Å². The lowest BCUT2D eigenvalue weighted by Crippen LogP contribution is -2.11. The highest BCUT2D eigenvalue weighted by atomic mass is 32.2. The molecule has 0 aliphatic rings. The van der Waals surface area contributed by atoms with Crippen molar-refractivity contribution in [1.29, 1.82) is 5.41 Å². The van der Waals surface area contributed by atoms with Crippen LogP contribution in [0.1, 0.15) is 5.56 Å². The normalized spacial score (nSPS) is 10.5. The third kappa shape index (κ3) is 3.08. The first-order valence-corrected chi connectivity index (χ1v) is 6.06. The minimum atomic E-state index is -0.638. The molecule has 0 heterocycles. The lowest BCUT2D eigenvalue weighted by molar-refractivity contribution is 0.575. The first kappa shape index (κ1) is 13.5. The third-order valence-electron chi connectivity index (χ3n) is 2.36. The molecule has 3 N–H and O–H groups in total. The van der Waals surface area contributed by atoms with Crippen molar-refractivity contribution < 1.29 is 13.2 Å². The molecule has 2 aromatic carbocycles. The van der Waals surface area contributed by atoms with Crippen LogP contribution >= 0.6 is 11.8 Å². The van der Waals surface area contributed by atoms with Crippen molar-refractivity contribution in [3.05, 3.63) is 59.4 Å². The average Bonchev–Trinajstić information content (AvgIpc) is 2.36. The van der Waals surface area contributed by atoms with Gasteiger partial charge in [0.25, 0.3) is 0 Å². The molecule has 0 fully saturated rings. The fourth-order valence-corrected chi connectivity index (χ4v) is 2.29. The summed E-state index contributed by atoms with van der Waals surface area (Å²) >= 11 is 0.774. The largest absolute Gasteiger partial charge is 0.384 e. The summed E-state index contributed by atoms with van der Waals surface area (Å²) in [5, 5.41) is 7.18. The summed E-state index contributed by atoms with van der Waals surface area (Å²) in [6.07, 6.45) is 0. The van der Waals surface area contributed by atoms with E-state index in [1.165, 1.54) is 12.1 Å². The zero-order valence-corrected chi connectivity index (χ0v) is 10.4. The molecule has 0 saturated carbocycles. The number of hydrogen-bond donors (Lipinski definition) is 2. The second-order valence-electron chi connectivity index (χ2n) is 3.74. The topological polar surface area (TPSA) is 49.9 Å². The van der Waals surface area contributed by atoms with Gasteiger partial charge in [0.15, 0.2) is 0 Å². The Morgan fingerprint density at radius 1 is 0.947 bits per heavy atom. The summed E-state index contributed by atoms with van der Waals surface area (Å²) < 4.78 is 40.2. The molecule has 2 rings (SSSR count). The molecule has 0 aromatic heterocycles. The van der Waals surface area contributed by atoms with Gasteiger partial charge in [-0.2, -0.15) is 0 Å². The standard InChI is InChI=1S/C13H9F3N2S/c14-8-2-3-9(15)12(6-8)19-11-4-1-7(13(17)18)5-10(11)16/h1-6H,(H3,17,18). The van der Waals surface area contributed by atoms with E-state index >= 15 is 0 Å². The van der Waals surface area contributed by atoms with Crippen molar-refractivity contribution in [2.45, 2.75) is 9.79 Å². The van der Waals surface area contributed by atoms with Crippen LogP contribution in [0.25, 0.3) is 0 Å². The molecule has 0 amide bonds. The quantitative estimate of drug-likeness (QED) is 0.668. The Hall–Kier alpha value is -1.95. The van der Waals surface area contributed by atoms with Gasteiger partial charge in [-0.25, -0.2) is 13.2 Å². The predicted octanol–water partition coefficient (Wildman–Crippen LogP) is 3.54. The summed E-state index contributed by atoms with van der Waals surface area (Å²) in [5.41, 5.74) is 5.47. The van der Waals surface area contributed by atoms with E-state index in [1.807, 2.05) is 0 Å². The van der Waals surface area contributed by atoms with E-state index in [-0.39, 0.29) is 21.2 Å². The Bertz CT molecular complexity index is 644. The van der Waals surface area contributed by atoms with Gasteiger partial charge in [-0.3, -0.25) is 5.41 Å². The highest BCUT2D eigenvalue weighted by molar-refractivity contribution is 7.99. The van der Waals surface area contributed by atoms with Gasteiger partial charge in [-0.1, -0.05) is 11.8 Å². The van der Waals surface area contributed by atoms with E-state index in [0.717, 1.165) is 36.0 Å². The molecule has 19 heavy (non-hydrogen) atoms. The number of nitrogen functional groups attached to an aromatic ring is 1. The highest BCUT2D eigenvalue weighted by Gasteiger charge is 2.10. The number of nitrogens with two attached hydrogens (primary N) is 1. The van der Waals surface area contributed by atoms with Gasteiger partial charge in [0, 0.05) is 10.5 Å². The van der Waals surface area contributed by atoms with E-state index < -0.39 is 17.5 Å². The molecule has 2 nitrogen and oxygen atoms in total. The maximum Gasteiger partial charge on any atom is 0.137 e. The van der Waals surface area contributed by atoms with Gasteiger partial charge in [-0.15, -0.1) is 0 Å². The third-order valence-corrected chi connectivity index (χ3v) is 3.44. The van der Waals surface area contributed by atoms with E-state index in [0.29, 0.717) is 0 Å². The molecule has 0 bridgehead atoms. The molecule has 2 aromatic rings. The summed E-state index contributed by atoms with van der Waals surface area (Å²) in [5.74, 6) is -2.11. The molecule has 0 spiro atoms. The molecule has 0 saturated heterocycles. The maximum absolute atomic E-state index is 13.7. The molecular formula is C13H9F3N2S. The maximum atomic E-state index is 13.7. The number of halogens is 3. The smallest absolute Gasteiger partial charge is 0.137 e. The molecule has 0 aliphatic carbocycles. The molecule has 0 unspecified atom stereocenters. The number of benzene rings is 2. The number of amidine groups is 1. The zero-order valence-electron chi connectivity index (χ0n) is 9.58. The minimum absolute atomic E-state index is 0.00512. The van der Waals surface area contributed by atoms with Crippen LogP contribution in [0.15, 0.2) is 46.2 Å². The van der Waals surface area contributed by atoms with Crippen LogP contribution in [0.4, 0.5) is 13.2 Å². The van der Waals surface area contributed by atoms with Crippen molar-refractivity contribution in [2.75, 3.05) is 0 Å². The second kappa shape index (κ2) is 5.36. The summed E-state index contributed by atoms with van der Waals surface area (Å²) in [6, 6.07) is 6.89. The monoisotopic (exact) mass is 282 g/mol. The van der Waals surface area contributed by atoms with Crippen molar-refractivity contribution >= 4 is 17.6 Å². The van der Waals surface area contributed by atoms with Crippen LogP contribution in [0.5, 0.6) is 0 Å². The Balaban J connectivity index is 2.33. The fourth-order valence-electron chi connectivity index (χ4n) is 1.43. The molecule has 0 aliphatic heterocycles. The van der Waals surface area contributed by atoms with Gasteiger partial charge >= 0.3 is 0 Å². The minimum Gasteiger partial charge on any atom is -0.384 e. The van der Waals surface area contributed by atoms with Crippen LogP contribution in [-0.4, -0.2) is 5.84 Å². The fraction of sp³-hybridized carbons (Fsp3) is 0. The lowest BCUT2D eigenvalue weighted by atomic mass is 10.2. The van der Waals surface area contributed by atoms with Crippen LogP contribution in [0, 0.1) is 22.9 Å². The SMILES string of the molecule is N=C(N)c1ccc(Sc2cc(F)ccc2F)c(F)c1. The average molecular weight is 282 g/mol.